The highest BCUT2D eigenvalue weighted by atomic mass is 127. The highest BCUT2D eigenvalue weighted by Crippen LogP contribution is 2.32. The standard InChI is InChI=1S/C20H32N4O2.HI/c1-3-21-20(22-12-16(2)14-24-9-5-4-6-10-24)23-13-17-7-8-18-19(11-17)26-15-25-18;/h7-8,11,16H,3-6,9-10,12-15H2,1-2H3,(H2,21,22,23);1H. The summed E-state index contributed by atoms with van der Waals surface area (Å²) >= 11 is 0. The minimum Gasteiger partial charge on any atom is -0.454 e. The number of rotatable bonds is 7. The number of piperidine rings is 1. The van der Waals surface area contributed by atoms with Crippen LogP contribution in [0, 0.1) is 5.92 Å². The lowest BCUT2D eigenvalue weighted by atomic mass is 10.1. The highest BCUT2D eigenvalue weighted by Gasteiger charge is 2.14. The van der Waals surface area contributed by atoms with Crippen molar-refractivity contribution >= 4 is 29.9 Å². The number of guanidine groups is 1. The summed E-state index contributed by atoms with van der Waals surface area (Å²) < 4.78 is 10.8. The normalized spacial score (nSPS) is 17.9. The summed E-state index contributed by atoms with van der Waals surface area (Å²) in [4.78, 5) is 7.30. The van der Waals surface area contributed by atoms with Gasteiger partial charge in [0.2, 0.25) is 6.79 Å². The zero-order valence-electron chi connectivity index (χ0n) is 16.5. The van der Waals surface area contributed by atoms with Crippen LogP contribution in [0.3, 0.4) is 0 Å². The van der Waals surface area contributed by atoms with Crippen LogP contribution in [-0.2, 0) is 6.54 Å². The summed E-state index contributed by atoms with van der Waals surface area (Å²) in [5, 5.41) is 6.82. The molecule has 6 nitrogen and oxygen atoms in total. The van der Waals surface area contributed by atoms with E-state index in [4.69, 9.17) is 14.5 Å². The monoisotopic (exact) mass is 488 g/mol. The predicted molar refractivity (Wildman–Crippen MR) is 120 cm³/mol. The number of hydrogen-bond acceptors (Lipinski definition) is 4. The van der Waals surface area contributed by atoms with E-state index in [0.717, 1.165) is 42.7 Å². The van der Waals surface area contributed by atoms with Crippen LogP contribution >= 0.6 is 24.0 Å². The van der Waals surface area contributed by atoms with Crippen molar-refractivity contribution in [1.29, 1.82) is 0 Å². The van der Waals surface area contributed by atoms with Crippen molar-refractivity contribution in [2.75, 3.05) is 39.5 Å². The number of aliphatic imine (C=N–C) groups is 1. The Hall–Kier alpha value is -1.22. The van der Waals surface area contributed by atoms with E-state index in [1.165, 1.54) is 32.4 Å². The summed E-state index contributed by atoms with van der Waals surface area (Å²) in [5.74, 6) is 3.10. The molecule has 3 rings (SSSR count). The van der Waals surface area contributed by atoms with Crippen LogP contribution in [0.15, 0.2) is 23.2 Å². The van der Waals surface area contributed by atoms with Crippen molar-refractivity contribution in [2.24, 2.45) is 10.9 Å². The van der Waals surface area contributed by atoms with Crippen LogP contribution in [0.2, 0.25) is 0 Å². The molecule has 1 atom stereocenters. The molecule has 7 heteroatoms. The van der Waals surface area contributed by atoms with E-state index in [-0.39, 0.29) is 24.0 Å². The molecule has 0 aromatic heterocycles. The Morgan fingerprint density at radius 3 is 2.70 bits per heavy atom. The maximum Gasteiger partial charge on any atom is 0.231 e. The fourth-order valence-electron chi connectivity index (χ4n) is 3.47. The molecule has 27 heavy (non-hydrogen) atoms. The van der Waals surface area contributed by atoms with Gasteiger partial charge in [-0.25, -0.2) is 4.99 Å². The third kappa shape index (κ3) is 7.03. The summed E-state index contributed by atoms with van der Waals surface area (Å²) in [7, 11) is 0. The Kier molecular flexibility index (Phi) is 9.47. The molecule has 1 unspecified atom stereocenters. The van der Waals surface area contributed by atoms with E-state index in [9.17, 15) is 0 Å². The average molecular weight is 488 g/mol. The van der Waals surface area contributed by atoms with Gasteiger partial charge in [0, 0.05) is 19.6 Å². The molecule has 0 aliphatic carbocycles. The maximum atomic E-state index is 5.44. The van der Waals surface area contributed by atoms with E-state index in [1.807, 2.05) is 18.2 Å². The molecule has 1 saturated heterocycles. The molecule has 2 aliphatic heterocycles. The molecule has 1 aromatic rings. The Morgan fingerprint density at radius 2 is 1.93 bits per heavy atom. The Morgan fingerprint density at radius 1 is 1.15 bits per heavy atom. The molecule has 152 valence electrons. The highest BCUT2D eigenvalue weighted by molar-refractivity contribution is 14.0. The number of ether oxygens (including phenoxy) is 2. The molecule has 2 heterocycles. The van der Waals surface area contributed by atoms with E-state index in [1.54, 1.807) is 0 Å². The largest absolute Gasteiger partial charge is 0.454 e. The quantitative estimate of drug-likeness (QED) is 0.351. The first kappa shape index (κ1) is 22.1. The van der Waals surface area contributed by atoms with Gasteiger partial charge in [-0.3, -0.25) is 0 Å². The van der Waals surface area contributed by atoms with Crippen LogP contribution in [0.25, 0.3) is 0 Å². The summed E-state index contributed by atoms with van der Waals surface area (Å²) in [6, 6.07) is 6.00. The number of nitrogens with one attached hydrogen (secondary N) is 2. The smallest absolute Gasteiger partial charge is 0.231 e. The molecule has 1 aromatic carbocycles. The molecule has 1 fully saturated rings. The van der Waals surface area contributed by atoms with E-state index in [0.29, 0.717) is 19.3 Å². The Balaban J connectivity index is 0.00000261. The zero-order chi connectivity index (χ0) is 18.2. The van der Waals surface area contributed by atoms with Crippen molar-refractivity contribution in [2.45, 2.75) is 39.7 Å². The van der Waals surface area contributed by atoms with Crippen molar-refractivity contribution in [1.82, 2.24) is 15.5 Å². The van der Waals surface area contributed by atoms with E-state index < -0.39 is 0 Å². The Labute approximate surface area is 180 Å². The van der Waals surface area contributed by atoms with Crippen LogP contribution in [0.1, 0.15) is 38.7 Å². The second kappa shape index (κ2) is 11.6. The average Bonchev–Trinajstić information content (AvgIpc) is 3.12. The van der Waals surface area contributed by atoms with Crippen molar-refractivity contribution in [3.8, 4) is 11.5 Å². The fraction of sp³-hybridized carbons (Fsp3) is 0.650. The number of fused-ring (bicyclic) bond motifs is 1. The van der Waals surface area contributed by atoms with Gasteiger partial charge in [0.15, 0.2) is 17.5 Å². The SMILES string of the molecule is CCNC(=NCc1ccc2c(c1)OCO2)NCC(C)CN1CCCCC1.I. The summed E-state index contributed by atoms with van der Waals surface area (Å²) in [6.45, 7) is 10.8. The van der Waals surface area contributed by atoms with E-state index >= 15 is 0 Å². The molecule has 0 saturated carbocycles. The van der Waals surface area contributed by atoms with Crippen LogP contribution in [0.4, 0.5) is 0 Å². The molecule has 2 N–H and O–H groups in total. The number of halogens is 1. The predicted octanol–water partition coefficient (Wildman–Crippen LogP) is 3.21. The fourth-order valence-corrected chi connectivity index (χ4v) is 3.47. The van der Waals surface area contributed by atoms with Crippen LogP contribution < -0.4 is 20.1 Å². The lowest BCUT2D eigenvalue weighted by Gasteiger charge is -2.29. The van der Waals surface area contributed by atoms with Crippen molar-refractivity contribution in [3.63, 3.8) is 0 Å². The minimum atomic E-state index is 0. The first-order chi connectivity index (χ1) is 12.7. The van der Waals surface area contributed by atoms with Crippen LogP contribution in [-0.4, -0.2) is 50.4 Å². The van der Waals surface area contributed by atoms with Crippen LogP contribution in [0.5, 0.6) is 11.5 Å². The first-order valence-corrected chi connectivity index (χ1v) is 9.87. The molecular weight excluding hydrogens is 455 g/mol. The third-order valence-corrected chi connectivity index (χ3v) is 4.84. The first-order valence-electron chi connectivity index (χ1n) is 9.87. The van der Waals surface area contributed by atoms with Gasteiger partial charge in [-0.15, -0.1) is 24.0 Å². The molecule has 0 spiro atoms. The van der Waals surface area contributed by atoms with Gasteiger partial charge in [0.25, 0.3) is 0 Å². The molecular formula is C20H33IN4O2. The van der Waals surface area contributed by atoms with Gasteiger partial charge >= 0.3 is 0 Å². The van der Waals surface area contributed by atoms with Gasteiger partial charge in [0.1, 0.15) is 0 Å². The molecule has 0 radical (unpaired) electrons. The Bertz CT molecular complexity index is 606. The van der Waals surface area contributed by atoms with Crippen molar-refractivity contribution < 1.29 is 9.47 Å². The van der Waals surface area contributed by atoms with Gasteiger partial charge in [-0.05, 0) is 56.5 Å². The molecule has 0 bridgehead atoms. The number of benzene rings is 1. The lowest BCUT2D eigenvalue weighted by molar-refractivity contribution is 0.174. The van der Waals surface area contributed by atoms with Gasteiger partial charge in [-0.1, -0.05) is 19.4 Å². The second-order valence-electron chi connectivity index (χ2n) is 7.23. The van der Waals surface area contributed by atoms with E-state index in [2.05, 4.69) is 29.4 Å². The van der Waals surface area contributed by atoms with Gasteiger partial charge in [-0.2, -0.15) is 0 Å². The second-order valence-corrected chi connectivity index (χ2v) is 7.23. The third-order valence-electron chi connectivity index (χ3n) is 4.84. The molecule has 2 aliphatic rings. The number of nitrogens with zero attached hydrogens (tertiary/aromatic N) is 2. The topological polar surface area (TPSA) is 58.1 Å². The zero-order valence-corrected chi connectivity index (χ0v) is 18.8. The maximum absolute atomic E-state index is 5.44. The summed E-state index contributed by atoms with van der Waals surface area (Å²) in [5.41, 5.74) is 1.12. The summed E-state index contributed by atoms with van der Waals surface area (Å²) in [6.07, 6.45) is 4.08. The lowest BCUT2D eigenvalue weighted by Crippen LogP contribution is -2.42. The number of likely N-dealkylation sites (tertiary alicyclic amines) is 1. The molecule has 0 amide bonds. The number of hydrogen-bond donors (Lipinski definition) is 2. The van der Waals surface area contributed by atoms with Gasteiger partial charge < -0.3 is 25.0 Å². The van der Waals surface area contributed by atoms with Crippen molar-refractivity contribution in [3.05, 3.63) is 23.8 Å². The van der Waals surface area contributed by atoms with Gasteiger partial charge in [0.05, 0.1) is 6.54 Å². The minimum absolute atomic E-state index is 0.